The summed E-state index contributed by atoms with van der Waals surface area (Å²) >= 11 is 0. The van der Waals surface area contributed by atoms with Crippen molar-refractivity contribution in [3.8, 4) is 5.75 Å². The monoisotopic (exact) mass is 684 g/mol. The van der Waals surface area contributed by atoms with Crippen LogP contribution in [0.15, 0.2) is 57.9 Å². The van der Waals surface area contributed by atoms with Gasteiger partial charge in [-0.05, 0) is 70.7 Å². The Balaban J connectivity index is 1.64. The van der Waals surface area contributed by atoms with E-state index < -0.39 is 22.0 Å². The number of sulfonamides is 1. The Morgan fingerprint density at radius 3 is 2.54 bits per heavy atom. The van der Waals surface area contributed by atoms with Crippen molar-refractivity contribution in [2.24, 2.45) is 5.92 Å². The molecule has 0 spiro atoms. The maximum atomic E-state index is 14.4. The minimum atomic E-state index is -4.08. The number of rotatable bonds is 9. The van der Waals surface area contributed by atoms with Gasteiger partial charge < -0.3 is 28.9 Å². The standard InChI is InChI=1S/C35H48N4O8S/c1-23-20-39(24(2)22-40)35(42)30-19-29(37-48(43,44)34-26(4)36-47-27(34)5)15-16-31(30)46-25(3)12-10-11-17-45-32(23)21-38(6)33(41)18-28-13-8-7-9-14-28/h7-9,13-16,19,23-25,32,37,40H,10-12,17-18,20-22H2,1-6H3/t23-,24+,25-,32+/m1/s1. The highest BCUT2D eigenvalue weighted by molar-refractivity contribution is 7.92. The number of nitrogens with one attached hydrogen (secondary N) is 1. The molecule has 0 radical (unpaired) electrons. The molecule has 0 bridgehead atoms. The second-order valence-electron chi connectivity index (χ2n) is 12.7. The minimum absolute atomic E-state index is 0.0421. The van der Waals surface area contributed by atoms with E-state index in [0.717, 1.165) is 18.4 Å². The molecular formula is C35H48N4O8S. The fourth-order valence-electron chi connectivity index (χ4n) is 5.79. The van der Waals surface area contributed by atoms with Gasteiger partial charge in [0.2, 0.25) is 5.91 Å². The Kier molecular flexibility index (Phi) is 12.6. The molecule has 4 atom stereocenters. The molecule has 262 valence electrons. The number of anilines is 1. The molecule has 12 nitrogen and oxygen atoms in total. The highest BCUT2D eigenvalue weighted by atomic mass is 32.2. The van der Waals surface area contributed by atoms with E-state index in [9.17, 15) is 23.1 Å². The number of aryl methyl sites for hydroxylation is 2. The van der Waals surface area contributed by atoms with E-state index in [0.29, 0.717) is 25.3 Å². The van der Waals surface area contributed by atoms with E-state index >= 15 is 0 Å². The summed E-state index contributed by atoms with van der Waals surface area (Å²) in [5.74, 6) is -0.255. The summed E-state index contributed by atoms with van der Waals surface area (Å²) in [5, 5.41) is 14.0. The van der Waals surface area contributed by atoms with E-state index in [1.165, 1.54) is 19.9 Å². The average molecular weight is 685 g/mol. The van der Waals surface area contributed by atoms with Crippen LogP contribution in [0.4, 0.5) is 5.69 Å². The fourth-order valence-corrected chi connectivity index (χ4v) is 7.17. The van der Waals surface area contributed by atoms with E-state index in [2.05, 4.69) is 9.88 Å². The first kappa shape index (κ1) is 36.9. The number of fused-ring (bicyclic) bond motifs is 1. The van der Waals surface area contributed by atoms with Crippen LogP contribution in [-0.2, 0) is 26.0 Å². The summed E-state index contributed by atoms with van der Waals surface area (Å²) in [6.07, 6.45) is 1.93. The number of hydrogen-bond acceptors (Lipinski definition) is 9. The minimum Gasteiger partial charge on any atom is -0.490 e. The van der Waals surface area contributed by atoms with Gasteiger partial charge in [0, 0.05) is 38.3 Å². The predicted molar refractivity (Wildman–Crippen MR) is 181 cm³/mol. The van der Waals surface area contributed by atoms with Crippen molar-refractivity contribution in [3.63, 3.8) is 0 Å². The quantitative estimate of drug-likeness (QED) is 0.330. The normalized spacial score (nSPS) is 20.3. The second-order valence-corrected chi connectivity index (χ2v) is 14.3. The Labute approximate surface area is 283 Å². The van der Waals surface area contributed by atoms with Crippen LogP contribution in [0.3, 0.4) is 0 Å². The predicted octanol–water partition coefficient (Wildman–Crippen LogP) is 4.59. The molecule has 2 N–H and O–H groups in total. The summed E-state index contributed by atoms with van der Waals surface area (Å²) in [4.78, 5) is 30.7. The van der Waals surface area contributed by atoms with Crippen LogP contribution in [-0.4, -0.2) is 91.9 Å². The van der Waals surface area contributed by atoms with Crippen LogP contribution >= 0.6 is 0 Å². The third-order valence-corrected chi connectivity index (χ3v) is 10.2. The number of amides is 2. The van der Waals surface area contributed by atoms with Gasteiger partial charge in [-0.3, -0.25) is 14.3 Å². The van der Waals surface area contributed by atoms with Crippen molar-refractivity contribution in [3.05, 3.63) is 71.1 Å². The van der Waals surface area contributed by atoms with Crippen LogP contribution < -0.4 is 9.46 Å². The molecular weight excluding hydrogens is 636 g/mol. The molecule has 2 aromatic carbocycles. The zero-order valence-corrected chi connectivity index (χ0v) is 29.5. The first-order valence-corrected chi connectivity index (χ1v) is 17.9. The summed E-state index contributed by atoms with van der Waals surface area (Å²) in [5.41, 5.74) is 1.45. The fraction of sp³-hybridized carbons (Fsp3) is 0.514. The Morgan fingerprint density at radius 1 is 1.15 bits per heavy atom. The molecule has 48 heavy (non-hydrogen) atoms. The zero-order chi connectivity index (χ0) is 35.0. The molecule has 3 aromatic rings. The lowest BCUT2D eigenvalue weighted by atomic mass is 10.0. The maximum Gasteiger partial charge on any atom is 0.267 e. The molecule has 0 saturated heterocycles. The molecule has 13 heteroatoms. The molecule has 0 aliphatic carbocycles. The average Bonchev–Trinajstić information content (AvgIpc) is 3.40. The molecule has 0 fully saturated rings. The smallest absolute Gasteiger partial charge is 0.267 e. The van der Waals surface area contributed by atoms with Gasteiger partial charge in [-0.25, -0.2) is 8.42 Å². The third kappa shape index (κ3) is 9.36. The molecule has 1 aliphatic rings. The Hall–Kier alpha value is -3.94. The first-order chi connectivity index (χ1) is 22.8. The summed E-state index contributed by atoms with van der Waals surface area (Å²) < 4.78 is 46.9. The van der Waals surface area contributed by atoms with E-state index in [4.69, 9.17) is 14.0 Å². The molecule has 0 unspecified atom stereocenters. The summed E-state index contributed by atoms with van der Waals surface area (Å²) in [7, 11) is -2.33. The van der Waals surface area contributed by atoms with Crippen molar-refractivity contribution < 1.29 is 37.1 Å². The topological polar surface area (TPSA) is 152 Å². The molecule has 2 heterocycles. The first-order valence-electron chi connectivity index (χ1n) is 16.4. The third-order valence-electron chi connectivity index (χ3n) is 8.62. The van der Waals surface area contributed by atoms with Gasteiger partial charge >= 0.3 is 0 Å². The van der Waals surface area contributed by atoms with Crippen molar-refractivity contribution in [1.29, 1.82) is 0 Å². The van der Waals surface area contributed by atoms with Gasteiger partial charge in [0.05, 0.1) is 36.8 Å². The number of aliphatic hydroxyl groups excluding tert-OH is 1. The highest BCUT2D eigenvalue weighted by Gasteiger charge is 2.32. The van der Waals surface area contributed by atoms with E-state index in [-0.39, 0.29) is 71.2 Å². The number of aromatic nitrogens is 1. The van der Waals surface area contributed by atoms with Crippen LogP contribution in [0.5, 0.6) is 5.75 Å². The van der Waals surface area contributed by atoms with Gasteiger partial charge in [0.25, 0.3) is 15.9 Å². The van der Waals surface area contributed by atoms with Crippen LogP contribution in [0.2, 0.25) is 0 Å². The number of hydrogen-bond donors (Lipinski definition) is 2. The number of nitrogens with zero attached hydrogens (tertiary/aromatic N) is 3. The van der Waals surface area contributed by atoms with Crippen molar-refractivity contribution in [1.82, 2.24) is 15.0 Å². The summed E-state index contributed by atoms with van der Waals surface area (Å²) in [6.45, 7) is 9.39. The van der Waals surface area contributed by atoms with Gasteiger partial charge in [-0.15, -0.1) is 0 Å². The van der Waals surface area contributed by atoms with Crippen molar-refractivity contribution in [2.75, 3.05) is 38.1 Å². The van der Waals surface area contributed by atoms with Gasteiger partial charge in [0.15, 0.2) is 10.7 Å². The molecule has 2 amide bonds. The number of aliphatic hydroxyl groups is 1. The molecule has 0 saturated carbocycles. The largest absolute Gasteiger partial charge is 0.490 e. The number of carbonyl (C=O) groups excluding carboxylic acids is 2. The zero-order valence-electron chi connectivity index (χ0n) is 28.6. The Bertz CT molecular complexity index is 1630. The van der Waals surface area contributed by atoms with Crippen LogP contribution in [0.25, 0.3) is 0 Å². The second kappa shape index (κ2) is 16.4. The lowest BCUT2D eigenvalue weighted by Crippen LogP contribution is -2.48. The van der Waals surface area contributed by atoms with E-state index in [1.54, 1.807) is 35.9 Å². The molecule has 4 rings (SSSR count). The Morgan fingerprint density at radius 2 is 1.88 bits per heavy atom. The SMILES string of the molecule is Cc1noc(C)c1S(=O)(=O)Nc1ccc2c(c1)C(=O)N([C@@H](C)CO)C[C@@H](C)[C@H](CN(C)C(=O)Cc1ccccc1)OCCCC[C@@H](C)O2. The van der Waals surface area contributed by atoms with Crippen molar-refractivity contribution in [2.45, 2.75) is 83.4 Å². The lowest BCUT2D eigenvalue weighted by molar-refractivity contribution is -0.131. The highest BCUT2D eigenvalue weighted by Crippen LogP contribution is 2.30. The van der Waals surface area contributed by atoms with Gasteiger partial charge in [-0.1, -0.05) is 42.4 Å². The summed E-state index contributed by atoms with van der Waals surface area (Å²) in [6, 6.07) is 13.6. The number of carbonyl (C=O) groups is 2. The maximum absolute atomic E-state index is 14.4. The van der Waals surface area contributed by atoms with Crippen LogP contribution in [0, 0.1) is 19.8 Å². The number of likely N-dealkylation sites (N-methyl/N-ethyl adjacent to an activating group) is 1. The molecule has 1 aliphatic heterocycles. The van der Waals surface area contributed by atoms with E-state index in [1.807, 2.05) is 44.2 Å². The van der Waals surface area contributed by atoms with Gasteiger partial charge in [0.1, 0.15) is 11.4 Å². The number of benzene rings is 2. The van der Waals surface area contributed by atoms with Gasteiger partial charge in [-0.2, -0.15) is 0 Å². The van der Waals surface area contributed by atoms with Crippen molar-refractivity contribution >= 4 is 27.5 Å². The molecule has 1 aromatic heterocycles. The van der Waals surface area contributed by atoms with Crippen LogP contribution in [0.1, 0.15) is 67.4 Å². The lowest BCUT2D eigenvalue weighted by Gasteiger charge is -2.36. The number of ether oxygens (including phenoxy) is 2.